The number of nitrogens with two attached hydrogens (primary N) is 1. The Bertz CT molecular complexity index is 1620. The molecule has 1 aliphatic heterocycles. The number of carboxylic acid groups (broad SMARTS) is 1. The van der Waals surface area contributed by atoms with Crippen molar-refractivity contribution in [2.24, 2.45) is 11.7 Å². The molecule has 288 valence electrons. The maximum Gasteiger partial charge on any atom is 0.408 e. The lowest BCUT2D eigenvalue weighted by atomic mass is 9.96. The number of likely N-dealkylation sites (tertiary alicyclic amines) is 1. The number of benzene rings is 2. The number of hydrogen-bond acceptors (Lipinski definition) is 8. The average molecular weight is 738 g/mol. The highest BCUT2D eigenvalue weighted by Gasteiger charge is 2.39. The molecule has 1 saturated heterocycles. The molecule has 2 aromatic rings. The molecule has 0 aliphatic carbocycles. The van der Waals surface area contributed by atoms with Crippen molar-refractivity contribution in [3.63, 3.8) is 0 Å². The summed E-state index contributed by atoms with van der Waals surface area (Å²) in [6.45, 7) is 7.43. The van der Waals surface area contributed by atoms with Crippen molar-refractivity contribution in [2.75, 3.05) is 17.2 Å². The van der Waals surface area contributed by atoms with E-state index in [1.165, 1.54) is 4.90 Å². The van der Waals surface area contributed by atoms with Crippen LogP contribution < -0.4 is 32.3 Å². The first kappa shape index (κ1) is 41.7. The molecule has 1 aliphatic rings. The van der Waals surface area contributed by atoms with Gasteiger partial charge in [-0.1, -0.05) is 70.4 Å². The monoisotopic (exact) mass is 737 g/mol. The van der Waals surface area contributed by atoms with Crippen LogP contribution in [0.25, 0.3) is 0 Å². The number of carbonyl (C=O) groups is 7. The number of amides is 7. The first-order chi connectivity index (χ1) is 25.2. The van der Waals surface area contributed by atoms with Gasteiger partial charge in [-0.15, -0.1) is 0 Å². The zero-order valence-electron chi connectivity index (χ0n) is 30.6. The lowest BCUT2D eigenvalue weighted by molar-refractivity contribution is -0.143. The van der Waals surface area contributed by atoms with Gasteiger partial charge in [0.25, 0.3) is 0 Å². The zero-order valence-corrected chi connectivity index (χ0v) is 30.6. The average Bonchev–Trinajstić information content (AvgIpc) is 3.62. The Labute approximate surface area is 308 Å². The van der Waals surface area contributed by atoms with Crippen LogP contribution in [0, 0.1) is 12.8 Å². The zero-order chi connectivity index (χ0) is 39.1. The predicted octanol–water partition coefficient (Wildman–Crippen LogP) is 3.39. The van der Waals surface area contributed by atoms with Gasteiger partial charge >= 0.3 is 18.1 Å². The Hall–Kier alpha value is -5.67. The topological polar surface area (TPSA) is 238 Å². The second-order valence-electron chi connectivity index (χ2n) is 13.1. The van der Waals surface area contributed by atoms with Crippen LogP contribution in [0.1, 0.15) is 76.8 Å². The minimum absolute atomic E-state index is 0.160. The Morgan fingerprint density at radius 1 is 0.925 bits per heavy atom. The summed E-state index contributed by atoms with van der Waals surface area (Å²) in [5.41, 5.74) is 8.18. The number of aryl methyl sites for hydroxylation is 1. The highest BCUT2D eigenvalue weighted by molar-refractivity contribution is 6.00. The molecule has 2 aromatic carbocycles. The lowest BCUT2D eigenvalue weighted by Crippen LogP contribution is -2.59. The van der Waals surface area contributed by atoms with Crippen LogP contribution in [0.5, 0.6) is 0 Å². The van der Waals surface area contributed by atoms with E-state index in [1.54, 1.807) is 37.3 Å². The van der Waals surface area contributed by atoms with Crippen molar-refractivity contribution in [3.8, 4) is 0 Å². The number of carbonyl (C=O) groups excluding carboxylic acids is 6. The number of carboxylic acids is 1. The van der Waals surface area contributed by atoms with Gasteiger partial charge in [-0.05, 0) is 61.4 Å². The van der Waals surface area contributed by atoms with E-state index >= 15 is 0 Å². The first-order valence-electron chi connectivity index (χ1n) is 17.8. The Morgan fingerprint density at radius 3 is 2.23 bits per heavy atom. The van der Waals surface area contributed by atoms with E-state index in [-0.39, 0.29) is 19.6 Å². The van der Waals surface area contributed by atoms with Gasteiger partial charge in [0, 0.05) is 17.9 Å². The molecule has 3 rings (SSSR count). The Kier molecular flexibility index (Phi) is 16.1. The number of para-hydroxylation sites is 1. The number of nitrogens with one attached hydrogen (secondary N) is 5. The fraction of sp³-hybridized carbons (Fsp3) is 0.486. The quantitative estimate of drug-likeness (QED) is 0.119. The third-order valence-electron chi connectivity index (χ3n) is 9.08. The van der Waals surface area contributed by atoms with Crippen LogP contribution in [0.15, 0.2) is 48.5 Å². The fourth-order valence-electron chi connectivity index (χ4n) is 5.79. The molecule has 53 heavy (non-hydrogen) atoms. The molecule has 5 atom stereocenters. The third kappa shape index (κ3) is 12.8. The predicted molar refractivity (Wildman–Crippen MR) is 196 cm³/mol. The molecular weight excluding hydrogens is 686 g/mol. The molecular formula is C37H51N7O9. The molecule has 7 amide bonds. The van der Waals surface area contributed by atoms with E-state index in [0.717, 1.165) is 5.56 Å². The number of aliphatic carboxylic acids is 1. The van der Waals surface area contributed by atoms with E-state index in [4.69, 9.17) is 10.5 Å². The van der Waals surface area contributed by atoms with Gasteiger partial charge in [0.15, 0.2) is 0 Å². The largest absolute Gasteiger partial charge is 0.481 e. The molecule has 0 radical (unpaired) electrons. The molecule has 16 heteroatoms. The van der Waals surface area contributed by atoms with Crippen LogP contribution in [0.3, 0.4) is 0 Å². The normalized spacial score (nSPS) is 15.9. The summed E-state index contributed by atoms with van der Waals surface area (Å²) in [4.78, 5) is 90.7. The summed E-state index contributed by atoms with van der Waals surface area (Å²) >= 11 is 0. The van der Waals surface area contributed by atoms with Crippen molar-refractivity contribution < 1.29 is 43.4 Å². The fourth-order valence-corrected chi connectivity index (χ4v) is 5.79. The number of nitrogens with zero attached hydrogens (tertiary/aromatic N) is 1. The van der Waals surface area contributed by atoms with Crippen molar-refractivity contribution in [1.29, 1.82) is 0 Å². The summed E-state index contributed by atoms with van der Waals surface area (Å²) in [6.07, 6.45) is 1.07. The Morgan fingerprint density at radius 2 is 1.60 bits per heavy atom. The van der Waals surface area contributed by atoms with Crippen molar-refractivity contribution in [3.05, 3.63) is 59.7 Å². The summed E-state index contributed by atoms with van der Waals surface area (Å²) in [5.74, 6) is -4.67. The molecule has 0 spiro atoms. The van der Waals surface area contributed by atoms with Crippen LogP contribution in [0.4, 0.5) is 21.0 Å². The first-order valence-corrected chi connectivity index (χ1v) is 17.8. The van der Waals surface area contributed by atoms with Crippen molar-refractivity contribution in [2.45, 2.75) is 103 Å². The van der Waals surface area contributed by atoms with Gasteiger partial charge < -0.3 is 47.1 Å². The summed E-state index contributed by atoms with van der Waals surface area (Å²) in [6, 6.07) is 8.84. The van der Waals surface area contributed by atoms with Crippen molar-refractivity contribution in [1.82, 2.24) is 20.9 Å². The van der Waals surface area contributed by atoms with Gasteiger partial charge in [0.1, 0.15) is 30.8 Å². The summed E-state index contributed by atoms with van der Waals surface area (Å²) < 4.78 is 5.33. The Balaban J connectivity index is 1.62. The number of urea groups is 1. The third-order valence-corrected chi connectivity index (χ3v) is 9.08. The van der Waals surface area contributed by atoms with E-state index in [0.29, 0.717) is 49.0 Å². The lowest BCUT2D eigenvalue weighted by Gasteiger charge is -2.32. The number of rotatable bonds is 18. The number of hydrogen-bond donors (Lipinski definition) is 7. The molecule has 0 saturated carbocycles. The standard InChI is InChI=1S/C37H51N7O9/c1-5-7-12-27(42-37(52)53-21-24-15-17-25(18-16-24)39-36(51)41-26-13-9-8-11-23(26)4)33(48)40-28(20-30(45)46)34(49)43-31(22(3)6-2)35(50)44-19-10-14-29(44)32(38)47/h8-9,11,13,15-18,22,27-29,31H,5-7,10,12,14,19-21H2,1-4H3,(H2,38,47)(H,40,48)(H,42,52)(H,43,49)(H,45,46)(H2,39,41,51)/t22?,27-,28-,29-,31-/m0/s1. The van der Waals surface area contributed by atoms with Crippen LogP contribution >= 0.6 is 0 Å². The van der Waals surface area contributed by atoms with Gasteiger partial charge in [0.05, 0.1) is 6.42 Å². The van der Waals surface area contributed by atoms with E-state index in [9.17, 15) is 38.7 Å². The molecule has 1 fully saturated rings. The number of primary amides is 1. The number of alkyl carbamates (subject to hydrolysis) is 1. The molecule has 1 heterocycles. The highest BCUT2D eigenvalue weighted by atomic mass is 16.5. The number of ether oxygens (including phenoxy) is 1. The maximum absolute atomic E-state index is 13.5. The van der Waals surface area contributed by atoms with Crippen LogP contribution in [-0.2, 0) is 35.3 Å². The number of unbranched alkanes of at least 4 members (excludes halogenated alkanes) is 1. The second-order valence-corrected chi connectivity index (χ2v) is 13.1. The summed E-state index contributed by atoms with van der Waals surface area (Å²) in [7, 11) is 0. The number of anilines is 2. The molecule has 0 bridgehead atoms. The van der Waals surface area contributed by atoms with E-state index < -0.39 is 78.2 Å². The van der Waals surface area contributed by atoms with Gasteiger partial charge in [0.2, 0.25) is 23.6 Å². The molecule has 16 nitrogen and oxygen atoms in total. The van der Waals surface area contributed by atoms with Crippen molar-refractivity contribution >= 4 is 53.1 Å². The SMILES string of the molecule is CCCC[C@H](NC(=O)OCc1ccc(NC(=O)Nc2ccccc2C)cc1)C(=O)N[C@@H](CC(=O)O)C(=O)N[C@H](C(=O)N1CCC[C@H]1C(N)=O)C(C)CC. The molecule has 1 unspecified atom stereocenters. The minimum Gasteiger partial charge on any atom is -0.481 e. The highest BCUT2D eigenvalue weighted by Crippen LogP contribution is 2.21. The van der Waals surface area contributed by atoms with E-state index in [2.05, 4.69) is 26.6 Å². The van der Waals surface area contributed by atoms with Crippen LogP contribution in [0.2, 0.25) is 0 Å². The minimum atomic E-state index is -1.59. The van der Waals surface area contributed by atoms with Gasteiger partial charge in [-0.25, -0.2) is 9.59 Å². The van der Waals surface area contributed by atoms with Gasteiger partial charge in [-0.2, -0.15) is 0 Å². The van der Waals surface area contributed by atoms with Gasteiger partial charge in [-0.3, -0.25) is 24.0 Å². The summed E-state index contributed by atoms with van der Waals surface area (Å²) in [5, 5.41) is 22.6. The van der Waals surface area contributed by atoms with E-state index in [1.807, 2.05) is 39.0 Å². The maximum atomic E-state index is 13.5. The molecule has 8 N–H and O–H groups in total. The molecule has 0 aromatic heterocycles. The smallest absolute Gasteiger partial charge is 0.408 e. The second kappa shape index (κ2) is 20.4. The van der Waals surface area contributed by atoms with Crippen LogP contribution in [-0.4, -0.2) is 82.4 Å².